The van der Waals surface area contributed by atoms with E-state index in [1.165, 1.54) is 47.9 Å². The van der Waals surface area contributed by atoms with Gasteiger partial charge in [0.05, 0.1) is 103 Å². The predicted octanol–water partition coefficient (Wildman–Crippen LogP) is 7.90. The van der Waals surface area contributed by atoms with Crippen molar-refractivity contribution in [3.63, 3.8) is 0 Å². The second-order valence-electron chi connectivity index (χ2n) is 16.2. The highest BCUT2D eigenvalue weighted by molar-refractivity contribution is 5.69. The van der Waals surface area contributed by atoms with Crippen LogP contribution in [0.4, 0.5) is 0 Å². The van der Waals surface area contributed by atoms with Crippen molar-refractivity contribution < 1.29 is 51.7 Å². The quantitative estimate of drug-likeness (QED) is 0.0573. The third-order valence-corrected chi connectivity index (χ3v) is 12.4. The maximum absolute atomic E-state index is 12.7. The number of carbonyl (C=O) groups is 1. The van der Waals surface area contributed by atoms with Crippen LogP contribution < -0.4 is 33.2 Å². The minimum atomic E-state index is -0.107. The number of carbonyl (C=O) groups excluding carboxylic acids is 1. The molecule has 57 heavy (non-hydrogen) atoms. The van der Waals surface area contributed by atoms with Crippen LogP contribution in [-0.4, -0.2) is 112 Å². The number of quaternary nitrogens is 2. The molecule has 0 aliphatic carbocycles. The molecule has 5 rings (SSSR count). The summed E-state index contributed by atoms with van der Waals surface area (Å²) in [6.45, 7) is 5.14. The minimum absolute atomic E-state index is 0.107. The third kappa shape index (κ3) is 10.6. The number of esters is 1. The average molecular weight is 793 g/mol. The monoisotopic (exact) mass is 792 g/mol. The van der Waals surface area contributed by atoms with E-state index in [9.17, 15) is 4.79 Å². The van der Waals surface area contributed by atoms with Gasteiger partial charge in [-0.2, -0.15) is 0 Å². The Balaban J connectivity index is 1.04. The van der Waals surface area contributed by atoms with Gasteiger partial charge in [-0.3, -0.25) is 4.79 Å². The van der Waals surface area contributed by atoms with Crippen LogP contribution in [0, 0.1) is 0 Å². The van der Waals surface area contributed by atoms with Crippen LogP contribution >= 0.6 is 0 Å². The van der Waals surface area contributed by atoms with Crippen molar-refractivity contribution in [2.75, 3.05) is 96.6 Å². The molecule has 0 amide bonds. The van der Waals surface area contributed by atoms with Gasteiger partial charge in [-0.05, 0) is 60.7 Å². The summed E-state index contributed by atoms with van der Waals surface area (Å²) in [5, 5.41) is 0. The summed E-state index contributed by atoms with van der Waals surface area (Å²) in [4.78, 5) is 12.7. The van der Waals surface area contributed by atoms with Gasteiger partial charge >= 0.3 is 5.97 Å². The Labute approximate surface area is 341 Å². The van der Waals surface area contributed by atoms with Gasteiger partial charge in [0.25, 0.3) is 0 Å². The maximum atomic E-state index is 12.7. The lowest BCUT2D eigenvalue weighted by Crippen LogP contribution is -2.52. The van der Waals surface area contributed by atoms with Crippen LogP contribution in [0.3, 0.4) is 0 Å². The van der Waals surface area contributed by atoms with E-state index in [2.05, 4.69) is 44.4 Å². The molecule has 0 saturated carbocycles. The zero-order chi connectivity index (χ0) is 41.0. The van der Waals surface area contributed by atoms with Crippen LogP contribution in [0.2, 0.25) is 0 Å². The van der Waals surface area contributed by atoms with Crippen molar-refractivity contribution >= 4 is 5.97 Å². The van der Waals surface area contributed by atoms with Gasteiger partial charge in [0, 0.05) is 36.0 Å². The van der Waals surface area contributed by atoms with Crippen LogP contribution in [0.5, 0.6) is 40.2 Å². The topological polar surface area (TPSA) is 90.9 Å². The molecule has 0 spiro atoms. The Bertz CT molecular complexity index is 1800. The Morgan fingerprint density at radius 3 is 1.89 bits per heavy atom. The molecule has 2 aliphatic rings. The van der Waals surface area contributed by atoms with Crippen molar-refractivity contribution in [3.8, 4) is 40.2 Å². The summed E-state index contributed by atoms with van der Waals surface area (Å²) in [5.74, 6) is 5.01. The molecule has 0 bridgehead atoms. The number of likely N-dealkylation sites (N-methyl/N-ethyl adjacent to an activating group) is 2. The van der Waals surface area contributed by atoms with Gasteiger partial charge in [-0.15, -0.1) is 0 Å². The first-order valence-electron chi connectivity index (χ1n) is 20.7. The standard InChI is InChI=1S/C46H68N2O9/c1-47(23-20-36-35(32-47)30-43(54-7)46(56-9)45(36)55-8)24-21-44(49)57-26-16-14-12-10-11-13-15-22-48(2)25-19-34-29-41(52-5)42(53-6)31-37(34)38(48)27-33-17-18-39(50-3)40(28-33)51-4/h17-18,28-31,38H,10-16,19-27,32H2,1-9H3/q+2/t38-,47?,48?/m1/s1. The van der Waals surface area contributed by atoms with Crippen molar-refractivity contribution in [2.24, 2.45) is 0 Å². The van der Waals surface area contributed by atoms with E-state index in [4.69, 9.17) is 37.9 Å². The first-order chi connectivity index (χ1) is 27.5. The molecule has 0 radical (unpaired) electrons. The average Bonchev–Trinajstić information content (AvgIpc) is 3.23. The number of methoxy groups -OCH3 is 7. The Kier molecular flexibility index (Phi) is 15.6. The molecule has 3 atom stereocenters. The fraction of sp³-hybridized carbons (Fsp3) is 0.587. The molecule has 0 fully saturated rings. The summed E-state index contributed by atoms with van der Waals surface area (Å²) >= 11 is 0. The second-order valence-corrected chi connectivity index (χ2v) is 16.2. The molecule has 2 aliphatic heterocycles. The summed E-state index contributed by atoms with van der Waals surface area (Å²) in [5.41, 5.74) is 6.25. The smallest absolute Gasteiger partial charge is 0.311 e. The minimum Gasteiger partial charge on any atom is -0.493 e. The molecule has 2 heterocycles. The van der Waals surface area contributed by atoms with Crippen LogP contribution in [0.1, 0.15) is 85.2 Å². The summed E-state index contributed by atoms with van der Waals surface area (Å²) in [7, 11) is 16.4. The second kappa shape index (κ2) is 20.4. The number of fused-ring (bicyclic) bond motifs is 2. The highest BCUT2D eigenvalue weighted by Gasteiger charge is 2.40. The number of ether oxygens (including phenoxy) is 8. The van der Waals surface area contributed by atoms with Gasteiger partial charge in [0.1, 0.15) is 12.6 Å². The fourth-order valence-electron chi connectivity index (χ4n) is 8.98. The van der Waals surface area contributed by atoms with Crippen LogP contribution in [0.25, 0.3) is 0 Å². The normalized spacial score (nSPS) is 19.8. The third-order valence-electron chi connectivity index (χ3n) is 12.4. The van der Waals surface area contributed by atoms with Crippen molar-refractivity contribution in [1.82, 2.24) is 0 Å². The van der Waals surface area contributed by atoms with E-state index in [-0.39, 0.29) is 12.0 Å². The number of rotatable bonds is 22. The molecule has 11 heteroatoms. The number of unbranched alkanes of at least 4 members (excludes halogenated alkanes) is 6. The Morgan fingerprint density at radius 2 is 1.23 bits per heavy atom. The molecule has 0 N–H and O–H groups in total. The summed E-state index contributed by atoms with van der Waals surface area (Å²) in [6, 6.07) is 13.0. The SMILES string of the molecule is COc1ccc(C[C@@H]2c3cc(OC)c(OC)cc3CC[N+]2(C)CCCCCCCCCOC(=O)CC[N+]2(C)CCc3c(cc(OC)c(OC)c3OC)C2)cc1OC. The first kappa shape index (κ1) is 43.8. The lowest BCUT2D eigenvalue weighted by atomic mass is 9.86. The van der Waals surface area contributed by atoms with Crippen molar-refractivity contribution in [3.05, 3.63) is 64.2 Å². The zero-order valence-electron chi connectivity index (χ0n) is 36.1. The van der Waals surface area contributed by atoms with Gasteiger partial charge in [-0.25, -0.2) is 0 Å². The fourth-order valence-corrected chi connectivity index (χ4v) is 8.98. The molecule has 11 nitrogen and oxygen atoms in total. The molecule has 314 valence electrons. The van der Waals surface area contributed by atoms with Crippen molar-refractivity contribution in [1.29, 1.82) is 0 Å². The van der Waals surface area contributed by atoms with E-state index in [1.54, 1.807) is 49.8 Å². The molecular formula is C46H68N2O9+2. The van der Waals surface area contributed by atoms with E-state index in [0.717, 1.165) is 115 Å². The van der Waals surface area contributed by atoms with Crippen LogP contribution in [-0.2, 0) is 35.3 Å². The Hall–Kier alpha value is -4.35. The van der Waals surface area contributed by atoms with E-state index in [1.807, 2.05) is 6.07 Å². The van der Waals surface area contributed by atoms with E-state index >= 15 is 0 Å². The predicted molar refractivity (Wildman–Crippen MR) is 222 cm³/mol. The zero-order valence-corrected chi connectivity index (χ0v) is 36.1. The molecule has 0 aromatic heterocycles. The number of benzene rings is 3. The highest BCUT2D eigenvalue weighted by Crippen LogP contribution is 2.45. The molecule has 2 unspecified atom stereocenters. The lowest BCUT2D eigenvalue weighted by molar-refractivity contribution is -0.941. The molecular weight excluding hydrogens is 725 g/mol. The number of hydrogen-bond acceptors (Lipinski definition) is 9. The van der Waals surface area contributed by atoms with Gasteiger partial charge < -0.3 is 46.9 Å². The van der Waals surface area contributed by atoms with E-state index in [0.29, 0.717) is 24.5 Å². The largest absolute Gasteiger partial charge is 0.493 e. The maximum Gasteiger partial charge on any atom is 0.311 e. The summed E-state index contributed by atoms with van der Waals surface area (Å²) in [6.07, 6.45) is 11.1. The lowest BCUT2D eigenvalue weighted by Gasteiger charge is -2.46. The van der Waals surface area contributed by atoms with Crippen molar-refractivity contribution in [2.45, 2.75) is 83.2 Å². The molecule has 0 saturated heterocycles. The van der Waals surface area contributed by atoms with Gasteiger partial charge in [0.15, 0.2) is 34.5 Å². The Morgan fingerprint density at radius 1 is 0.614 bits per heavy atom. The summed E-state index contributed by atoms with van der Waals surface area (Å²) < 4.78 is 46.9. The van der Waals surface area contributed by atoms with Crippen LogP contribution in [0.15, 0.2) is 36.4 Å². The molecule has 3 aromatic rings. The van der Waals surface area contributed by atoms with Gasteiger partial charge in [-0.1, -0.05) is 31.7 Å². The number of hydrogen-bond donors (Lipinski definition) is 0. The number of nitrogens with zero attached hydrogens (tertiary/aromatic N) is 2. The highest BCUT2D eigenvalue weighted by atomic mass is 16.5. The van der Waals surface area contributed by atoms with E-state index < -0.39 is 0 Å². The first-order valence-corrected chi connectivity index (χ1v) is 20.7. The van der Waals surface area contributed by atoms with Gasteiger partial charge in [0.2, 0.25) is 5.75 Å². The molecule has 3 aromatic carbocycles.